The number of phenolic OH excluding ortho intramolecular Hbond substituents is 1. The van der Waals surface area contributed by atoms with Gasteiger partial charge in [-0.25, -0.2) is 15.1 Å². The Hall–Kier alpha value is -2.70. The molecule has 0 saturated heterocycles. The first-order valence-corrected chi connectivity index (χ1v) is 5.17. The molecule has 1 heterocycles. The average Bonchev–Trinajstić information content (AvgIpc) is 2.84. The SMILES string of the molecule is O=C(Cn1cncn1)N/N=C/c1ccc(O)cc1. The fraction of sp³-hybridized carbons (Fsp3) is 0.0909. The summed E-state index contributed by atoms with van der Waals surface area (Å²) in [6, 6.07) is 6.45. The molecule has 7 nitrogen and oxygen atoms in total. The van der Waals surface area contributed by atoms with Crippen molar-refractivity contribution in [2.24, 2.45) is 5.10 Å². The van der Waals surface area contributed by atoms with Gasteiger partial charge in [-0.1, -0.05) is 0 Å². The van der Waals surface area contributed by atoms with E-state index in [0.717, 1.165) is 5.56 Å². The molecule has 0 bridgehead atoms. The first-order valence-electron chi connectivity index (χ1n) is 5.17. The van der Waals surface area contributed by atoms with Gasteiger partial charge >= 0.3 is 0 Å². The summed E-state index contributed by atoms with van der Waals surface area (Å²) in [6.07, 6.45) is 4.29. The predicted octanol–water partition coefficient (Wildman–Crippen LogP) is 0.134. The van der Waals surface area contributed by atoms with E-state index in [0.29, 0.717) is 0 Å². The van der Waals surface area contributed by atoms with Gasteiger partial charge in [0.2, 0.25) is 0 Å². The Kier molecular flexibility index (Phi) is 3.65. The number of hydrazone groups is 1. The quantitative estimate of drug-likeness (QED) is 0.591. The van der Waals surface area contributed by atoms with Crippen LogP contribution in [0.25, 0.3) is 0 Å². The van der Waals surface area contributed by atoms with Crippen molar-refractivity contribution >= 4 is 12.1 Å². The number of carbonyl (C=O) groups is 1. The average molecular weight is 245 g/mol. The monoisotopic (exact) mass is 245 g/mol. The van der Waals surface area contributed by atoms with E-state index in [-0.39, 0.29) is 18.2 Å². The van der Waals surface area contributed by atoms with Crippen molar-refractivity contribution in [3.05, 3.63) is 42.5 Å². The molecule has 2 rings (SSSR count). The zero-order chi connectivity index (χ0) is 12.8. The molecule has 2 aromatic rings. The lowest BCUT2D eigenvalue weighted by molar-refractivity contribution is -0.121. The highest BCUT2D eigenvalue weighted by atomic mass is 16.3. The van der Waals surface area contributed by atoms with Crippen LogP contribution in [-0.4, -0.2) is 32.0 Å². The lowest BCUT2D eigenvalue weighted by Gasteiger charge is -1.99. The van der Waals surface area contributed by atoms with E-state index < -0.39 is 0 Å². The molecule has 7 heteroatoms. The topological polar surface area (TPSA) is 92.4 Å². The van der Waals surface area contributed by atoms with Crippen LogP contribution >= 0.6 is 0 Å². The number of amides is 1. The number of aromatic hydroxyl groups is 1. The molecule has 0 fully saturated rings. The highest BCUT2D eigenvalue weighted by molar-refractivity contribution is 5.82. The van der Waals surface area contributed by atoms with Crippen molar-refractivity contribution in [3.8, 4) is 5.75 Å². The van der Waals surface area contributed by atoms with Gasteiger partial charge in [0, 0.05) is 0 Å². The van der Waals surface area contributed by atoms with Crippen LogP contribution in [0.5, 0.6) is 5.75 Å². The van der Waals surface area contributed by atoms with Crippen LogP contribution < -0.4 is 5.43 Å². The molecule has 18 heavy (non-hydrogen) atoms. The minimum Gasteiger partial charge on any atom is -0.508 e. The van der Waals surface area contributed by atoms with Crippen molar-refractivity contribution in [1.82, 2.24) is 20.2 Å². The summed E-state index contributed by atoms with van der Waals surface area (Å²) < 4.78 is 1.39. The van der Waals surface area contributed by atoms with Crippen LogP contribution in [0.4, 0.5) is 0 Å². The van der Waals surface area contributed by atoms with Crippen LogP contribution in [0.2, 0.25) is 0 Å². The number of aromatic nitrogens is 3. The molecule has 1 amide bonds. The molecule has 0 unspecified atom stereocenters. The van der Waals surface area contributed by atoms with E-state index in [4.69, 9.17) is 5.11 Å². The smallest absolute Gasteiger partial charge is 0.261 e. The van der Waals surface area contributed by atoms with Crippen LogP contribution in [0.3, 0.4) is 0 Å². The fourth-order valence-corrected chi connectivity index (χ4v) is 1.24. The van der Waals surface area contributed by atoms with Gasteiger partial charge in [-0.2, -0.15) is 10.2 Å². The van der Waals surface area contributed by atoms with E-state index in [9.17, 15) is 4.79 Å². The van der Waals surface area contributed by atoms with Crippen molar-refractivity contribution in [3.63, 3.8) is 0 Å². The standard InChI is InChI=1S/C11H11N5O2/c17-10-3-1-9(2-4-10)5-13-15-11(18)6-16-8-12-7-14-16/h1-5,7-8,17H,6H2,(H,15,18)/b13-5+. The van der Waals surface area contributed by atoms with Gasteiger partial charge in [-0.05, 0) is 29.8 Å². The molecule has 0 aliphatic carbocycles. The Bertz CT molecular complexity index is 533. The molecule has 1 aromatic heterocycles. The fourth-order valence-electron chi connectivity index (χ4n) is 1.24. The van der Waals surface area contributed by atoms with Gasteiger partial charge in [0.15, 0.2) is 0 Å². The second-order valence-electron chi connectivity index (χ2n) is 3.48. The van der Waals surface area contributed by atoms with Gasteiger partial charge < -0.3 is 5.11 Å². The van der Waals surface area contributed by atoms with Crippen molar-refractivity contribution < 1.29 is 9.90 Å². The summed E-state index contributed by atoms with van der Waals surface area (Å²) in [5.74, 6) is -0.113. The Labute approximate surface area is 103 Å². The summed E-state index contributed by atoms with van der Waals surface area (Å²) in [7, 11) is 0. The summed E-state index contributed by atoms with van der Waals surface area (Å²) in [5, 5.41) is 16.7. The number of carbonyl (C=O) groups excluding carboxylic acids is 1. The number of nitrogens with one attached hydrogen (secondary N) is 1. The number of hydrogen-bond acceptors (Lipinski definition) is 5. The Morgan fingerprint density at radius 3 is 2.89 bits per heavy atom. The summed E-state index contributed by atoms with van der Waals surface area (Å²) in [4.78, 5) is 15.1. The van der Waals surface area contributed by atoms with E-state index in [1.54, 1.807) is 24.3 Å². The van der Waals surface area contributed by atoms with E-state index in [1.807, 2.05) is 0 Å². The third kappa shape index (κ3) is 3.41. The highest BCUT2D eigenvalue weighted by Crippen LogP contribution is 2.07. The molecule has 0 atom stereocenters. The number of nitrogens with zero attached hydrogens (tertiary/aromatic N) is 4. The van der Waals surface area contributed by atoms with Crippen LogP contribution in [-0.2, 0) is 11.3 Å². The highest BCUT2D eigenvalue weighted by Gasteiger charge is 2.00. The van der Waals surface area contributed by atoms with Crippen LogP contribution in [0.1, 0.15) is 5.56 Å². The minimum absolute atomic E-state index is 0.0624. The maximum Gasteiger partial charge on any atom is 0.261 e. The number of rotatable bonds is 4. The van der Waals surface area contributed by atoms with Gasteiger partial charge in [0.05, 0.1) is 6.21 Å². The Morgan fingerprint density at radius 1 is 1.44 bits per heavy atom. The molecule has 0 radical (unpaired) electrons. The zero-order valence-corrected chi connectivity index (χ0v) is 9.39. The first kappa shape index (κ1) is 11.8. The van der Waals surface area contributed by atoms with Gasteiger partial charge in [0.1, 0.15) is 24.9 Å². The maximum atomic E-state index is 11.4. The maximum absolute atomic E-state index is 11.4. The second kappa shape index (κ2) is 5.58. The number of hydrogen-bond donors (Lipinski definition) is 2. The lowest BCUT2D eigenvalue weighted by Crippen LogP contribution is -2.23. The molecule has 0 aliphatic heterocycles. The zero-order valence-electron chi connectivity index (χ0n) is 9.39. The number of phenols is 1. The van der Waals surface area contributed by atoms with Crippen molar-refractivity contribution in [1.29, 1.82) is 0 Å². The van der Waals surface area contributed by atoms with E-state index in [1.165, 1.54) is 23.6 Å². The van der Waals surface area contributed by atoms with Gasteiger partial charge in [0.25, 0.3) is 5.91 Å². The van der Waals surface area contributed by atoms with Crippen molar-refractivity contribution in [2.45, 2.75) is 6.54 Å². The lowest BCUT2D eigenvalue weighted by atomic mass is 10.2. The first-order chi connectivity index (χ1) is 8.74. The third-order valence-electron chi connectivity index (χ3n) is 2.07. The van der Waals surface area contributed by atoms with Gasteiger partial charge in [-0.3, -0.25) is 4.79 Å². The normalized spacial score (nSPS) is 10.7. The number of benzene rings is 1. The molecule has 0 aliphatic rings. The molecule has 2 N–H and O–H groups in total. The van der Waals surface area contributed by atoms with Crippen LogP contribution in [0.15, 0.2) is 42.0 Å². The Morgan fingerprint density at radius 2 is 2.22 bits per heavy atom. The summed E-state index contributed by atoms with van der Waals surface area (Å²) >= 11 is 0. The third-order valence-corrected chi connectivity index (χ3v) is 2.07. The molecule has 1 aromatic carbocycles. The summed E-state index contributed by atoms with van der Waals surface area (Å²) in [5.41, 5.74) is 3.14. The van der Waals surface area contributed by atoms with E-state index >= 15 is 0 Å². The molecular weight excluding hydrogens is 234 g/mol. The van der Waals surface area contributed by atoms with Crippen LogP contribution in [0, 0.1) is 0 Å². The largest absolute Gasteiger partial charge is 0.508 e. The molecule has 0 saturated carbocycles. The molecule has 0 spiro atoms. The Balaban J connectivity index is 1.84. The predicted molar refractivity (Wildman–Crippen MR) is 63.9 cm³/mol. The van der Waals surface area contributed by atoms with Gasteiger partial charge in [-0.15, -0.1) is 0 Å². The minimum atomic E-state index is -0.296. The molecule has 92 valence electrons. The van der Waals surface area contributed by atoms with Crippen molar-refractivity contribution in [2.75, 3.05) is 0 Å². The summed E-state index contributed by atoms with van der Waals surface area (Å²) in [6.45, 7) is 0.0624. The van der Waals surface area contributed by atoms with E-state index in [2.05, 4.69) is 20.6 Å². The second-order valence-corrected chi connectivity index (χ2v) is 3.48. The molecular formula is C11H11N5O2.